The van der Waals surface area contributed by atoms with Crippen LogP contribution < -0.4 is 5.32 Å². The molecule has 0 amide bonds. The predicted molar refractivity (Wildman–Crippen MR) is 54.2 cm³/mol. The maximum absolute atomic E-state index is 3.38. The molecule has 1 rings (SSSR count). The van der Waals surface area contributed by atoms with E-state index in [2.05, 4.69) is 33.1 Å². The van der Waals surface area contributed by atoms with Gasteiger partial charge in [-0.2, -0.15) is 0 Å². The number of hydrogen-bond acceptors (Lipinski definition) is 1. The van der Waals surface area contributed by atoms with Gasteiger partial charge in [-0.15, -0.1) is 0 Å². The minimum absolute atomic E-state index is 0.828. The lowest BCUT2D eigenvalue weighted by molar-refractivity contribution is 0.463. The zero-order chi connectivity index (χ0) is 9.14. The van der Waals surface area contributed by atoms with Crippen LogP contribution >= 0.6 is 0 Å². The van der Waals surface area contributed by atoms with Crippen LogP contribution in [0.4, 0.5) is 0 Å². The minimum Gasteiger partial charge on any atom is -0.316 e. The smallest absolute Gasteiger partial charge is 0.0124 e. The lowest BCUT2D eigenvalue weighted by atomic mass is 10.0. The van der Waals surface area contributed by atoms with Crippen molar-refractivity contribution in [2.45, 2.75) is 46.1 Å². The molecule has 72 valence electrons. The highest BCUT2D eigenvalue weighted by atomic mass is 15.0. The molecule has 0 bridgehead atoms. The molecule has 0 spiro atoms. The maximum atomic E-state index is 3.38. The van der Waals surface area contributed by atoms with Gasteiger partial charge in [0.2, 0.25) is 0 Å². The highest BCUT2D eigenvalue weighted by Gasteiger charge is 2.44. The molecular weight excluding hydrogens is 146 g/mol. The number of rotatable bonds is 5. The van der Waals surface area contributed by atoms with Gasteiger partial charge in [-0.05, 0) is 31.2 Å². The van der Waals surface area contributed by atoms with Crippen molar-refractivity contribution >= 4 is 0 Å². The Morgan fingerprint density at radius 3 is 2.50 bits per heavy atom. The summed E-state index contributed by atoms with van der Waals surface area (Å²) < 4.78 is 0. The second-order valence-corrected chi connectivity index (χ2v) is 4.43. The first kappa shape index (κ1) is 10.0. The minimum atomic E-state index is 0.828. The van der Waals surface area contributed by atoms with Crippen molar-refractivity contribution in [2.75, 3.05) is 7.05 Å². The number of hydrogen-bond donors (Lipinski definition) is 1. The molecule has 1 aliphatic rings. The molecule has 1 aliphatic carbocycles. The molecule has 1 N–H and O–H groups in total. The summed E-state index contributed by atoms with van der Waals surface area (Å²) >= 11 is 0. The highest BCUT2D eigenvalue weighted by molar-refractivity contribution is 4.99. The van der Waals surface area contributed by atoms with Gasteiger partial charge in [0.15, 0.2) is 0 Å². The SMILES string of the molecule is CCC(C)CCC1C(C)C1NC. The Hall–Kier alpha value is -0.0400. The average molecular weight is 169 g/mol. The fraction of sp³-hybridized carbons (Fsp3) is 1.00. The van der Waals surface area contributed by atoms with Crippen molar-refractivity contribution in [1.29, 1.82) is 0 Å². The van der Waals surface area contributed by atoms with Crippen LogP contribution in [0.25, 0.3) is 0 Å². The number of nitrogens with one attached hydrogen (secondary N) is 1. The topological polar surface area (TPSA) is 12.0 Å². The van der Waals surface area contributed by atoms with E-state index in [-0.39, 0.29) is 0 Å². The van der Waals surface area contributed by atoms with Crippen molar-refractivity contribution in [1.82, 2.24) is 5.32 Å². The van der Waals surface area contributed by atoms with E-state index in [1.54, 1.807) is 0 Å². The Kier molecular flexibility index (Phi) is 3.57. The van der Waals surface area contributed by atoms with Crippen LogP contribution in [0, 0.1) is 17.8 Å². The van der Waals surface area contributed by atoms with Crippen LogP contribution in [-0.2, 0) is 0 Å². The summed E-state index contributed by atoms with van der Waals surface area (Å²) in [6.07, 6.45) is 4.19. The van der Waals surface area contributed by atoms with E-state index in [0.717, 1.165) is 23.8 Å². The Balaban J connectivity index is 2.10. The quantitative estimate of drug-likeness (QED) is 0.667. The van der Waals surface area contributed by atoms with E-state index < -0.39 is 0 Å². The second kappa shape index (κ2) is 4.27. The molecule has 0 saturated heterocycles. The molecule has 0 heterocycles. The Bertz CT molecular complexity index is 133. The second-order valence-electron chi connectivity index (χ2n) is 4.43. The Labute approximate surface area is 76.9 Å². The zero-order valence-electron chi connectivity index (χ0n) is 8.93. The summed E-state index contributed by atoms with van der Waals surface area (Å²) in [5.74, 6) is 2.83. The van der Waals surface area contributed by atoms with Gasteiger partial charge in [0, 0.05) is 6.04 Å². The predicted octanol–water partition coefficient (Wildman–Crippen LogP) is 2.67. The Morgan fingerprint density at radius 1 is 1.42 bits per heavy atom. The summed E-state index contributed by atoms with van der Waals surface area (Å²) in [7, 11) is 2.09. The van der Waals surface area contributed by atoms with Gasteiger partial charge in [0.05, 0.1) is 0 Å². The van der Waals surface area contributed by atoms with E-state index in [1.807, 2.05) is 0 Å². The van der Waals surface area contributed by atoms with Crippen LogP contribution in [-0.4, -0.2) is 13.1 Å². The molecule has 1 fully saturated rings. The molecular formula is C11H23N. The fourth-order valence-corrected chi connectivity index (χ4v) is 2.15. The molecule has 0 aromatic carbocycles. The summed E-state index contributed by atoms with van der Waals surface area (Å²) in [6, 6.07) is 0.828. The van der Waals surface area contributed by atoms with Crippen molar-refractivity contribution in [2.24, 2.45) is 17.8 Å². The molecule has 4 unspecified atom stereocenters. The van der Waals surface area contributed by atoms with Gasteiger partial charge >= 0.3 is 0 Å². The molecule has 0 aromatic rings. The first-order valence-corrected chi connectivity index (χ1v) is 5.38. The standard InChI is InChI=1S/C11H23N/c1-5-8(2)6-7-10-9(3)11(10)12-4/h8-12H,5-7H2,1-4H3. The first-order valence-electron chi connectivity index (χ1n) is 5.38. The lowest BCUT2D eigenvalue weighted by Crippen LogP contribution is -2.12. The van der Waals surface area contributed by atoms with Gasteiger partial charge in [-0.25, -0.2) is 0 Å². The van der Waals surface area contributed by atoms with Crippen LogP contribution in [0.3, 0.4) is 0 Å². The third kappa shape index (κ3) is 2.22. The third-order valence-corrected chi connectivity index (χ3v) is 3.59. The highest BCUT2D eigenvalue weighted by Crippen LogP contribution is 2.42. The summed E-state index contributed by atoms with van der Waals surface area (Å²) in [4.78, 5) is 0. The van der Waals surface area contributed by atoms with Crippen LogP contribution in [0.5, 0.6) is 0 Å². The molecule has 1 heteroatoms. The van der Waals surface area contributed by atoms with Crippen LogP contribution in [0.15, 0.2) is 0 Å². The van der Waals surface area contributed by atoms with Crippen LogP contribution in [0.2, 0.25) is 0 Å². The molecule has 0 aliphatic heterocycles. The summed E-state index contributed by atoms with van der Waals surface area (Å²) in [5.41, 5.74) is 0. The van der Waals surface area contributed by atoms with Crippen molar-refractivity contribution in [3.63, 3.8) is 0 Å². The largest absolute Gasteiger partial charge is 0.316 e. The normalized spacial score (nSPS) is 36.5. The average Bonchev–Trinajstić information content (AvgIpc) is 2.71. The van der Waals surface area contributed by atoms with Crippen molar-refractivity contribution < 1.29 is 0 Å². The van der Waals surface area contributed by atoms with Crippen molar-refractivity contribution in [3.05, 3.63) is 0 Å². The first-order chi connectivity index (χ1) is 5.70. The van der Waals surface area contributed by atoms with E-state index in [0.29, 0.717) is 0 Å². The fourth-order valence-electron chi connectivity index (χ4n) is 2.15. The van der Waals surface area contributed by atoms with Gasteiger partial charge in [0.1, 0.15) is 0 Å². The van der Waals surface area contributed by atoms with Crippen LogP contribution in [0.1, 0.15) is 40.0 Å². The molecule has 4 atom stereocenters. The monoisotopic (exact) mass is 169 g/mol. The Morgan fingerprint density at radius 2 is 2.08 bits per heavy atom. The van der Waals surface area contributed by atoms with E-state index in [4.69, 9.17) is 0 Å². The van der Waals surface area contributed by atoms with E-state index in [1.165, 1.54) is 19.3 Å². The third-order valence-electron chi connectivity index (χ3n) is 3.59. The van der Waals surface area contributed by atoms with E-state index in [9.17, 15) is 0 Å². The summed E-state index contributed by atoms with van der Waals surface area (Å²) in [6.45, 7) is 7.01. The van der Waals surface area contributed by atoms with Gasteiger partial charge in [-0.1, -0.05) is 33.6 Å². The molecule has 1 nitrogen and oxygen atoms in total. The zero-order valence-corrected chi connectivity index (χ0v) is 8.93. The van der Waals surface area contributed by atoms with Crippen molar-refractivity contribution in [3.8, 4) is 0 Å². The molecule has 0 radical (unpaired) electrons. The van der Waals surface area contributed by atoms with Gasteiger partial charge < -0.3 is 5.32 Å². The lowest BCUT2D eigenvalue weighted by Gasteiger charge is -2.06. The molecule has 0 aromatic heterocycles. The summed E-state index contributed by atoms with van der Waals surface area (Å²) in [5, 5.41) is 3.38. The maximum Gasteiger partial charge on any atom is 0.0124 e. The van der Waals surface area contributed by atoms with Gasteiger partial charge in [0.25, 0.3) is 0 Å². The molecule has 12 heavy (non-hydrogen) atoms. The van der Waals surface area contributed by atoms with Gasteiger partial charge in [-0.3, -0.25) is 0 Å². The van der Waals surface area contributed by atoms with E-state index >= 15 is 0 Å². The molecule has 1 saturated carbocycles.